The molecule has 0 aliphatic carbocycles. The van der Waals surface area contributed by atoms with Crippen LogP contribution in [-0.4, -0.2) is 40.9 Å². The van der Waals surface area contributed by atoms with Crippen molar-refractivity contribution in [3.05, 3.63) is 29.6 Å². The summed E-state index contributed by atoms with van der Waals surface area (Å²) in [5.41, 5.74) is 5.27. The number of carbonyl (C=O) groups excluding carboxylic acids is 1. The van der Waals surface area contributed by atoms with Gasteiger partial charge in [0.2, 0.25) is 11.7 Å². The summed E-state index contributed by atoms with van der Waals surface area (Å²) < 4.78 is 77.9. The van der Waals surface area contributed by atoms with Gasteiger partial charge in [-0.05, 0) is 12.8 Å². The molecule has 0 aromatic carbocycles. The number of nitrogens with two attached hydrogens (primary N) is 1. The van der Waals surface area contributed by atoms with Crippen LogP contribution in [0.2, 0.25) is 0 Å². The van der Waals surface area contributed by atoms with Gasteiger partial charge < -0.3 is 21.4 Å². The number of halogens is 6. The van der Waals surface area contributed by atoms with Gasteiger partial charge in [0.05, 0.1) is 24.0 Å². The molecule has 4 N–H and O–H groups in total. The average Bonchev–Trinajstić information content (AvgIpc) is 2.66. The average molecular weight is 436 g/mol. The highest BCUT2D eigenvalue weighted by atomic mass is 19.4. The van der Waals surface area contributed by atoms with Gasteiger partial charge in [0.25, 0.3) is 0 Å². The zero-order valence-electron chi connectivity index (χ0n) is 15.4. The highest BCUT2D eigenvalue weighted by Crippen LogP contribution is 2.39. The molecule has 0 radical (unpaired) electrons. The van der Waals surface area contributed by atoms with Gasteiger partial charge in [-0.15, -0.1) is 0 Å². The molecule has 1 saturated heterocycles. The molecule has 164 valence electrons. The number of hydrogen-bond acceptors (Lipinski definition) is 6. The Labute approximate surface area is 166 Å². The maximum Gasteiger partial charge on any atom is 0.451 e. The topological polar surface area (TPSA) is 108 Å². The molecule has 2 aliphatic heterocycles. The van der Waals surface area contributed by atoms with E-state index in [0.717, 1.165) is 12.4 Å². The maximum absolute atomic E-state index is 13.4. The van der Waals surface area contributed by atoms with Crippen LogP contribution in [0.5, 0.6) is 0 Å². The number of rotatable bonds is 3. The van der Waals surface area contributed by atoms with Gasteiger partial charge in [-0.1, -0.05) is 0 Å². The maximum atomic E-state index is 13.4. The van der Waals surface area contributed by atoms with Crippen molar-refractivity contribution in [2.24, 2.45) is 17.6 Å². The van der Waals surface area contributed by atoms with E-state index in [9.17, 15) is 31.1 Å². The molecule has 1 aromatic rings. The van der Waals surface area contributed by atoms with Gasteiger partial charge in [0.15, 0.2) is 0 Å². The van der Waals surface area contributed by atoms with Crippen LogP contribution in [0.4, 0.5) is 32.0 Å². The normalized spacial score (nSPS) is 21.6. The van der Waals surface area contributed by atoms with E-state index in [1.54, 1.807) is 4.90 Å². The number of nitrogens with one attached hydrogen (secondary N) is 2. The van der Waals surface area contributed by atoms with Gasteiger partial charge in [-0.2, -0.15) is 26.3 Å². The monoisotopic (exact) mass is 436 g/mol. The van der Waals surface area contributed by atoms with Crippen LogP contribution in [-0.2, 0) is 11.0 Å². The standard InChI is InChI=1S/C17H18F6N6O/c18-16(19,20)10-5-11(30)28-14(25)12(10)13(24)8-1-3-29(4-2-8)9-6-26-15(27-7-9)17(21,22)23/h6-8,10,24H,1-5,25H2,(H,28,30). The van der Waals surface area contributed by atoms with Crippen molar-refractivity contribution < 1.29 is 31.1 Å². The highest BCUT2D eigenvalue weighted by Gasteiger charge is 2.48. The third-order valence-corrected chi connectivity index (χ3v) is 5.15. The Morgan fingerprint density at radius 2 is 1.70 bits per heavy atom. The molecule has 2 aliphatic rings. The van der Waals surface area contributed by atoms with Crippen LogP contribution in [0, 0.1) is 17.2 Å². The number of allylic oxidation sites excluding steroid dienone is 1. The van der Waals surface area contributed by atoms with Crippen LogP contribution in [0.15, 0.2) is 23.8 Å². The summed E-state index contributed by atoms with van der Waals surface area (Å²) in [6.07, 6.45) is -7.55. The minimum Gasteiger partial charge on any atom is -0.385 e. The number of piperidine rings is 1. The zero-order chi connectivity index (χ0) is 22.3. The molecule has 3 heterocycles. The molecule has 1 aromatic heterocycles. The van der Waals surface area contributed by atoms with E-state index in [4.69, 9.17) is 11.1 Å². The largest absolute Gasteiger partial charge is 0.451 e. The molecular formula is C17H18F6N6O. The van der Waals surface area contributed by atoms with Crippen LogP contribution >= 0.6 is 0 Å². The third-order valence-electron chi connectivity index (χ3n) is 5.15. The van der Waals surface area contributed by atoms with Crippen molar-refractivity contribution >= 4 is 17.3 Å². The Balaban J connectivity index is 1.70. The lowest BCUT2D eigenvalue weighted by Gasteiger charge is -2.36. The summed E-state index contributed by atoms with van der Waals surface area (Å²) in [6.45, 7) is 0.579. The lowest BCUT2D eigenvalue weighted by molar-refractivity contribution is -0.169. The quantitative estimate of drug-likeness (QED) is 0.499. The summed E-state index contributed by atoms with van der Waals surface area (Å²) in [5, 5.41) is 10.5. The predicted octanol–water partition coefficient (Wildman–Crippen LogP) is 2.60. The molecule has 1 amide bonds. The Morgan fingerprint density at radius 3 is 2.20 bits per heavy atom. The van der Waals surface area contributed by atoms with Crippen molar-refractivity contribution in [2.45, 2.75) is 31.6 Å². The molecular weight excluding hydrogens is 418 g/mol. The Morgan fingerprint density at radius 1 is 1.13 bits per heavy atom. The summed E-state index contributed by atoms with van der Waals surface area (Å²) in [6, 6.07) is 0. The summed E-state index contributed by atoms with van der Waals surface area (Å²) in [4.78, 5) is 19.8. The van der Waals surface area contributed by atoms with Crippen LogP contribution in [0.25, 0.3) is 0 Å². The van der Waals surface area contributed by atoms with Crippen LogP contribution in [0.3, 0.4) is 0 Å². The summed E-state index contributed by atoms with van der Waals surface area (Å²) in [7, 11) is 0. The smallest absolute Gasteiger partial charge is 0.385 e. The van der Waals surface area contributed by atoms with Crippen LogP contribution in [0.1, 0.15) is 25.1 Å². The molecule has 1 atom stereocenters. The summed E-state index contributed by atoms with van der Waals surface area (Å²) in [5.74, 6) is -5.26. The van der Waals surface area contributed by atoms with E-state index in [0.29, 0.717) is 5.69 Å². The SMILES string of the molecule is N=C(C1=C(N)NC(=O)CC1C(F)(F)F)C1CCN(c2cnc(C(F)(F)F)nc2)CC1. The first kappa shape index (κ1) is 21.8. The fraction of sp³-hybridized carbons (Fsp3) is 0.529. The van der Waals surface area contributed by atoms with E-state index in [2.05, 4.69) is 15.3 Å². The van der Waals surface area contributed by atoms with Crippen molar-refractivity contribution in [1.29, 1.82) is 5.41 Å². The first-order chi connectivity index (χ1) is 13.9. The number of amides is 1. The lowest BCUT2D eigenvalue weighted by atomic mass is 9.80. The molecule has 13 heteroatoms. The minimum absolute atomic E-state index is 0.279. The number of anilines is 1. The zero-order valence-corrected chi connectivity index (χ0v) is 15.4. The second-order valence-corrected chi connectivity index (χ2v) is 7.11. The number of alkyl halides is 6. The van der Waals surface area contributed by atoms with E-state index < -0.39 is 53.7 Å². The summed E-state index contributed by atoms with van der Waals surface area (Å²) >= 11 is 0. The fourth-order valence-corrected chi connectivity index (χ4v) is 3.63. The van der Waals surface area contributed by atoms with Gasteiger partial charge in [0.1, 0.15) is 5.82 Å². The number of aromatic nitrogens is 2. The second-order valence-electron chi connectivity index (χ2n) is 7.11. The van der Waals surface area contributed by atoms with Gasteiger partial charge in [0, 0.05) is 36.7 Å². The first-order valence-corrected chi connectivity index (χ1v) is 8.97. The van der Waals surface area contributed by atoms with Gasteiger partial charge in [-0.3, -0.25) is 4.79 Å². The number of carbonyl (C=O) groups is 1. The molecule has 3 rings (SSSR count). The molecule has 0 bridgehead atoms. The lowest BCUT2D eigenvalue weighted by Crippen LogP contribution is -2.46. The van der Waals surface area contributed by atoms with Crippen molar-refractivity contribution in [2.75, 3.05) is 18.0 Å². The first-order valence-electron chi connectivity index (χ1n) is 8.97. The molecule has 7 nitrogen and oxygen atoms in total. The van der Waals surface area contributed by atoms with Crippen molar-refractivity contribution in [3.63, 3.8) is 0 Å². The number of hydrogen-bond donors (Lipinski definition) is 3. The Kier molecular flexibility index (Phi) is 5.65. The third kappa shape index (κ3) is 4.49. The van der Waals surface area contributed by atoms with E-state index in [1.165, 1.54) is 0 Å². The molecule has 1 unspecified atom stereocenters. The highest BCUT2D eigenvalue weighted by molar-refractivity contribution is 6.02. The minimum atomic E-state index is -4.72. The van der Waals surface area contributed by atoms with E-state index in [-0.39, 0.29) is 31.6 Å². The molecule has 1 fully saturated rings. The van der Waals surface area contributed by atoms with E-state index in [1.807, 2.05) is 0 Å². The molecule has 30 heavy (non-hydrogen) atoms. The van der Waals surface area contributed by atoms with Crippen LogP contribution < -0.4 is 16.0 Å². The molecule has 0 spiro atoms. The fourth-order valence-electron chi connectivity index (χ4n) is 3.63. The van der Waals surface area contributed by atoms with Crippen molar-refractivity contribution in [1.82, 2.24) is 15.3 Å². The van der Waals surface area contributed by atoms with Gasteiger partial charge in [-0.25, -0.2) is 9.97 Å². The molecule has 0 saturated carbocycles. The predicted molar refractivity (Wildman–Crippen MR) is 93.2 cm³/mol. The van der Waals surface area contributed by atoms with Crippen molar-refractivity contribution in [3.8, 4) is 0 Å². The second kappa shape index (κ2) is 7.76. The number of nitrogens with zero attached hydrogens (tertiary/aromatic N) is 3. The Bertz CT molecular complexity index is 855. The van der Waals surface area contributed by atoms with E-state index >= 15 is 0 Å². The van der Waals surface area contributed by atoms with Gasteiger partial charge >= 0.3 is 12.4 Å². The Hall–Kier alpha value is -2.86.